The summed E-state index contributed by atoms with van der Waals surface area (Å²) >= 11 is 0. The van der Waals surface area contributed by atoms with E-state index in [0.29, 0.717) is 24.8 Å². The van der Waals surface area contributed by atoms with Crippen LogP contribution in [-0.2, 0) is 6.42 Å². The summed E-state index contributed by atoms with van der Waals surface area (Å²) in [6.07, 6.45) is 4.15. The predicted octanol–water partition coefficient (Wildman–Crippen LogP) is 5.09. The number of ether oxygens (including phenoxy) is 1. The van der Waals surface area contributed by atoms with E-state index < -0.39 is 0 Å². The number of aliphatic imine (C=N–C) groups is 1. The zero-order valence-electron chi connectivity index (χ0n) is 18.8. The van der Waals surface area contributed by atoms with E-state index >= 15 is 0 Å². The number of rotatable bonds is 10. The Morgan fingerprint density at radius 1 is 1.35 bits per heavy atom. The number of hydrogen-bond acceptors (Lipinski definition) is 4. The van der Waals surface area contributed by atoms with Crippen LogP contribution in [0.5, 0.6) is 5.75 Å². The molecule has 0 aliphatic heterocycles. The molecule has 172 valence electrons. The Bertz CT molecular complexity index is 848. The molecule has 0 spiro atoms. The molecule has 1 aliphatic rings. The Morgan fingerprint density at radius 3 is 2.74 bits per heavy atom. The van der Waals surface area contributed by atoms with E-state index in [1.54, 1.807) is 12.1 Å². The first-order valence-corrected chi connectivity index (χ1v) is 10.9. The van der Waals surface area contributed by atoms with Gasteiger partial charge in [-0.3, -0.25) is 4.99 Å². The van der Waals surface area contributed by atoms with Gasteiger partial charge < -0.3 is 19.9 Å². The zero-order valence-corrected chi connectivity index (χ0v) is 21.2. The molecule has 1 aromatic carbocycles. The molecular weight excluding hydrogens is 510 g/mol. The quantitative estimate of drug-likeness (QED) is 0.189. The van der Waals surface area contributed by atoms with E-state index in [0.717, 1.165) is 47.9 Å². The summed E-state index contributed by atoms with van der Waals surface area (Å²) in [6.45, 7) is 9.96. The van der Waals surface area contributed by atoms with Gasteiger partial charge in [0.2, 0.25) is 0 Å². The average molecular weight is 544 g/mol. The van der Waals surface area contributed by atoms with Gasteiger partial charge in [0.05, 0.1) is 18.3 Å². The number of benzene rings is 1. The van der Waals surface area contributed by atoms with Crippen LogP contribution < -0.4 is 15.4 Å². The van der Waals surface area contributed by atoms with Gasteiger partial charge in [-0.05, 0) is 77.0 Å². The lowest BCUT2D eigenvalue weighted by Crippen LogP contribution is -2.38. The van der Waals surface area contributed by atoms with E-state index in [-0.39, 0.29) is 35.8 Å². The third-order valence-corrected chi connectivity index (χ3v) is 5.36. The van der Waals surface area contributed by atoms with Crippen LogP contribution in [0.15, 0.2) is 27.7 Å². The molecule has 1 fully saturated rings. The molecule has 1 aromatic heterocycles. The van der Waals surface area contributed by atoms with Crippen LogP contribution in [0.1, 0.15) is 61.7 Å². The Kier molecular flexibility index (Phi) is 10.1. The number of nitrogens with zero attached hydrogens (tertiary/aromatic N) is 2. The second kappa shape index (κ2) is 12.3. The lowest BCUT2D eigenvalue weighted by molar-refractivity contribution is 0.285. The largest absolute Gasteiger partial charge is 0.490 e. The van der Waals surface area contributed by atoms with Crippen molar-refractivity contribution in [3.63, 3.8) is 0 Å². The summed E-state index contributed by atoms with van der Waals surface area (Å²) in [4.78, 5) is 4.66. The van der Waals surface area contributed by atoms with Gasteiger partial charge in [-0.25, -0.2) is 4.39 Å². The molecule has 31 heavy (non-hydrogen) atoms. The number of aryl methyl sites for hydroxylation is 2. The minimum absolute atomic E-state index is 0. The van der Waals surface area contributed by atoms with Crippen molar-refractivity contribution < 1.29 is 13.7 Å². The summed E-state index contributed by atoms with van der Waals surface area (Å²) in [5.74, 6) is 2.21. The standard InChI is InChI=1S/C23H33FN4O2.HI/c1-5-25-23(26-12-6-7-20-16(3)28-30-17(20)4)27-15(2)19-10-11-22(21(24)13-19)29-14-18-8-9-18;/h10-11,13,15,18H,5-9,12,14H2,1-4H3,(H2,25,26,27);1H. The highest BCUT2D eigenvalue weighted by molar-refractivity contribution is 14.0. The third-order valence-electron chi connectivity index (χ3n) is 5.36. The van der Waals surface area contributed by atoms with Crippen molar-refractivity contribution in [2.45, 2.75) is 59.4 Å². The maximum atomic E-state index is 14.4. The summed E-state index contributed by atoms with van der Waals surface area (Å²) < 4.78 is 25.2. The molecule has 0 saturated heterocycles. The van der Waals surface area contributed by atoms with Crippen molar-refractivity contribution in [2.24, 2.45) is 10.9 Å². The van der Waals surface area contributed by atoms with Gasteiger partial charge >= 0.3 is 0 Å². The molecule has 2 aromatic rings. The van der Waals surface area contributed by atoms with E-state index in [1.165, 1.54) is 12.8 Å². The van der Waals surface area contributed by atoms with Crippen LogP contribution >= 0.6 is 24.0 Å². The fraction of sp³-hybridized carbons (Fsp3) is 0.565. The van der Waals surface area contributed by atoms with Crippen LogP contribution in [0, 0.1) is 25.6 Å². The van der Waals surface area contributed by atoms with E-state index in [4.69, 9.17) is 9.26 Å². The minimum Gasteiger partial charge on any atom is -0.490 e. The Balaban J connectivity index is 0.00000341. The van der Waals surface area contributed by atoms with Crippen molar-refractivity contribution in [3.8, 4) is 5.75 Å². The molecular formula is C23H34FIN4O2. The third kappa shape index (κ3) is 7.66. The molecule has 2 N–H and O–H groups in total. The van der Waals surface area contributed by atoms with E-state index in [9.17, 15) is 4.39 Å². The van der Waals surface area contributed by atoms with E-state index in [1.807, 2.05) is 33.8 Å². The van der Waals surface area contributed by atoms with Crippen molar-refractivity contribution in [1.82, 2.24) is 15.8 Å². The van der Waals surface area contributed by atoms with Crippen molar-refractivity contribution in [2.75, 3.05) is 19.7 Å². The lowest BCUT2D eigenvalue weighted by Gasteiger charge is -2.19. The highest BCUT2D eigenvalue weighted by Crippen LogP contribution is 2.30. The second-order valence-corrected chi connectivity index (χ2v) is 7.98. The van der Waals surface area contributed by atoms with E-state index in [2.05, 4.69) is 20.8 Å². The van der Waals surface area contributed by atoms with Crippen LogP contribution in [0.4, 0.5) is 4.39 Å². The number of nitrogens with one attached hydrogen (secondary N) is 2. The molecule has 0 bridgehead atoms. The Morgan fingerprint density at radius 2 is 2.13 bits per heavy atom. The van der Waals surface area contributed by atoms with Gasteiger partial charge in [-0.1, -0.05) is 11.2 Å². The Hall–Kier alpha value is -1.84. The number of halogens is 2. The van der Waals surface area contributed by atoms with Gasteiger partial charge in [-0.2, -0.15) is 0 Å². The summed E-state index contributed by atoms with van der Waals surface area (Å²) in [6, 6.07) is 5.08. The molecule has 1 atom stereocenters. The van der Waals surface area contributed by atoms with Gasteiger partial charge in [0, 0.05) is 18.7 Å². The summed E-state index contributed by atoms with van der Waals surface area (Å²) in [7, 11) is 0. The molecule has 8 heteroatoms. The normalized spacial score (nSPS) is 14.7. The average Bonchev–Trinajstić information content (AvgIpc) is 3.50. The maximum Gasteiger partial charge on any atom is 0.191 e. The SMILES string of the molecule is CCNC(=NCCCc1c(C)noc1C)NC(C)c1ccc(OCC2CC2)c(F)c1.I. The zero-order chi connectivity index (χ0) is 21.5. The van der Waals surface area contributed by atoms with Gasteiger partial charge in [-0.15, -0.1) is 24.0 Å². The molecule has 6 nitrogen and oxygen atoms in total. The van der Waals surface area contributed by atoms with Crippen molar-refractivity contribution in [3.05, 3.63) is 46.6 Å². The molecule has 3 rings (SSSR count). The molecule has 0 radical (unpaired) electrons. The van der Waals surface area contributed by atoms with Crippen LogP contribution in [0.3, 0.4) is 0 Å². The lowest BCUT2D eigenvalue weighted by atomic mass is 10.1. The number of hydrogen-bond donors (Lipinski definition) is 2. The molecule has 1 unspecified atom stereocenters. The Labute approximate surface area is 201 Å². The molecule has 1 heterocycles. The molecule has 1 aliphatic carbocycles. The monoisotopic (exact) mass is 544 g/mol. The first-order valence-electron chi connectivity index (χ1n) is 10.9. The van der Waals surface area contributed by atoms with Crippen molar-refractivity contribution >= 4 is 29.9 Å². The number of aromatic nitrogens is 1. The van der Waals surface area contributed by atoms with Gasteiger partial charge in [0.25, 0.3) is 0 Å². The van der Waals surface area contributed by atoms with Gasteiger partial charge in [0.1, 0.15) is 5.76 Å². The van der Waals surface area contributed by atoms with Crippen LogP contribution in [-0.4, -0.2) is 30.8 Å². The second-order valence-electron chi connectivity index (χ2n) is 7.98. The number of guanidine groups is 1. The van der Waals surface area contributed by atoms with Crippen LogP contribution in [0.2, 0.25) is 0 Å². The fourth-order valence-corrected chi connectivity index (χ4v) is 3.31. The smallest absolute Gasteiger partial charge is 0.191 e. The first kappa shape index (κ1) is 25.4. The maximum absolute atomic E-state index is 14.4. The topological polar surface area (TPSA) is 71.7 Å². The van der Waals surface area contributed by atoms with Crippen molar-refractivity contribution in [1.29, 1.82) is 0 Å². The highest BCUT2D eigenvalue weighted by atomic mass is 127. The van der Waals surface area contributed by atoms with Gasteiger partial charge in [0.15, 0.2) is 17.5 Å². The minimum atomic E-state index is -0.316. The highest BCUT2D eigenvalue weighted by Gasteiger charge is 2.22. The molecule has 1 saturated carbocycles. The summed E-state index contributed by atoms with van der Waals surface area (Å²) in [5.41, 5.74) is 2.96. The molecule has 0 amide bonds. The van der Waals surface area contributed by atoms with Crippen LogP contribution in [0.25, 0.3) is 0 Å². The first-order chi connectivity index (χ1) is 14.5. The predicted molar refractivity (Wildman–Crippen MR) is 132 cm³/mol. The fourth-order valence-electron chi connectivity index (χ4n) is 3.31. The summed E-state index contributed by atoms with van der Waals surface area (Å²) in [5, 5.41) is 10.6.